The van der Waals surface area contributed by atoms with Crippen molar-refractivity contribution in [2.75, 3.05) is 24.8 Å². The van der Waals surface area contributed by atoms with E-state index in [1.54, 1.807) is 23.1 Å². The fourth-order valence-electron chi connectivity index (χ4n) is 3.41. The number of anilines is 1. The van der Waals surface area contributed by atoms with Crippen LogP contribution in [-0.2, 0) is 17.8 Å². The third-order valence-electron chi connectivity index (χ3n) is 4.96. The molecule has 1 amide bonds. The van der Waals surface area contributed by atoms with Crippen molar-refractivity contribution >= 4 is 34.1 Å². The number of hydrogen-bond acceptors (Lipinski definition) is 6. The van der Waals surface area contributed by atoms with Crippen molar-refractivity contribution in [1.29, 1.82) is 0 Å². The van der Waals surface area contributed by atoms with Gasteiger partial charge in [-0.1, -0.05) is 12.1 Å². The summed E-state index contributed by atoms with van der Waals surface area (Å²) in [4.78, 5) is 36.9. The average molecular weight is 452 g/mol. The van der Waals surface area contributed by atoms with Crippen molar-refractivity contribution < 1.29 is 4.79 Å². The molecule has 0 spiro atoms. The normalized spacial score (nSPS) is 11.2. The van der Waals surface area contributed by atoms with Gasteiger partial charge < -0.3 is 15.2 Å². The van der Waals surface area contributed by atoms with Gasteiger partial charge in [0, 0.05) is 31.2 Å². The molecule has 3 heterocycles. The molecule has 0 unspecified atom stereocenters. The van der Waals surface area contributed by atoms with Gasteiger partial charge in [-0.25, -0.2) is 14.6 Å². The number of carbonyl (C=O) groups excluding carboxylic acids is 1. The van der Waals surface area contributed by atoms with Crippen LogP contribution in [0.3, 0.4) is 0 Å². The number of pyridine rings is 1. The van der Waals surface area contributed by atoms with E-state index in [9.17, 15) is 9.59 Å². The van der Waals surface area contributed by atoms with Gasteiger partial charge in [0.05, 0.1) is 17.9 Å². The number of amides is 1. The number of hydrogen-bond donors (Lipinski definition) is 2. The fraction of sp³-hybridized carbons (Fsp3) is 0.227. The minimum absolute atomic E-state index is 0.0708. The lowest BCUT2D eigenvalue weighted by atomic mass is 10.1. The quantitative estimate of drug-likeness (QED) is 0.398. The maximum absolute atomic E-state index is 12.0. The number of carbonyl (C=O) groups is 1. The molecule has 0 radical (unpaired) electrons. The van der Waals surface area contributed by atoms with Gasteiger partial charge in [0.15, 0.2) is 5.82 Å². The zero-order valence-corrected chi connectivity index (χ0v) is 18.2. The van der Waals surface area contributed by atoms with E-state index in [4.69, 9.17) is 11.6 Å². The summed E-state index contributed by atoms with van der Waals surface area (Å²) >= 11 is 5.55. The van der Waals surface area contributed by atoms with Crippen molar-refractivity contribution in [3.63, 3.8) is 0 Å². The van der Waals surface area contributed by atoms with Crippen molar-refractivity contribution in [3.8, 4) is 5.82 Å². The van der Waals surface area contributed by atoms with E-state index >= 15 is 0 Å². The van der Waals surface area contributed by atoms with E-state index in [0.29, 0.717) is 16.7 Å². The maximum atomic E-state index is 12.0. The third-order valence-corrected chi connectivity index (χ3v) is 5.20. The predicted molar refractivity (Wildman–Crippen MR) is 123 cm³/mol. The molecule has 0 saturated heterocycles. The lowest BCUT2D eigenvalue weighted by Crippen LogP contribution is -2.21. The van der Waals surface area contributed by atoms with E-state index < -0.39 is 0 Å². The van der Waals surface area contributed by atoms with Crippen molar-refractivity contribution in [1.82, 2.24) is 29.6 Å². The van der Waals surface area contributed by atoms with E-state index in [-0.39, 0.29) is 17.3 Å². The fourth-order valence-corrected chi connectivity index (χ4v) is 3.48. The van der Waals surface area contributed by atoms with Crippen molar-refractivity contribution in [2.24, 2.45) is 0 Å². The lowest BCUT2D eigenvalue weighted by Gasteiger charge is -2.16. The summed E-state index contributed by atoms with van der Waals surface area (Å²) in [6.45, 7) is 1.54. The number of likely N-dealkylation sites (N-methyl/N-ethyl adjacent to an activating group) is 1. The number of nitrogens with zero attached hydrogens (tertiary/aromatic N) is 5. The molecule has 164 valence electrons. The molecule has 0 atom stereocenters. The Balaban J connectivity index is 1.40. The van der Waals surface area contributed by atoms with Crippen LogP contribution < -0.4 is 10.9 Å². The number of H-pyrrole nitrogens is 1. The zero-order chi connectivity index (χ0) is 22.5. The molecule has 9 nitrogen and oxygen atoms in total. The first-order valence-corrected chi connectivity index (χ1v) is 10.6. The first-order valence-electron chi connectivity index (χ1n) is 10.0. The smallest absolute Gasteiger partial charge is 0.258 e. The monoisotopic (exact) mass is 451 g/mol. The molecular weight excluding hydrogens is 430 g/mol. The van der Waals surface area contributed by atoms with E-state index in [1.807, 2.05) is 37.5 Å². The molecule has 0 saturated carbocycles. The minimum atomic E-state index is -0.227. The Bertz CT molecular complexity index is 1300. The number of benzene rings is 1. The Morgan fingerprint density at radius 3 is 2.97 bits per heavy atom. The molecule has 4 aromatic rings. The Hall–Kier alpha value is -3.56. The highest BCUT2D eigenvalue weighted by molar-refractivity contribution is 6.29. The summed E-state index contributed by atoms with van der Waals surface area (Å²) in [5, 5.41) is 7.64. The molecule has 0 bridgehead atoms. The highest BCUT2D eigenvalue weighted by Crippen LogP contribution is 2.16. The standard InChI is InChI=1S/C22H22ClN7O2/c1-29(12-15-3-2-4-17(9-15)28-19(31)10-23)8-6-16-11-27-30(13-16)21-20-18(5-7-24-21)22(32)26-14-25-20/h2-5,7,9,11,13-14H,6,8,10,12H2,1H3,(H,28,31)(H,25,26,32). The van der Waals surface area contributed by atoms with Crippen LogP contribution in [0.5, 0.6) is 0 Å². The van der Waals surface area contributed by atoms with Crippen molar-refractivity contribution in [2.45, 2.75) is 13.0 Å². The Morgan fingerprint density at radius 1 is 1.25 bits per heavy atom. The molecule has 1 aromatic carbocycles. The topological polar surface area (TPSA) is 109 Å². The van der Waals surface area contributed by atoms with Crippen LogP contribution in [0.2, 0.25) is 0 Å². The average Bonchev–Trinajstić information content (AvgIpc) is 3.27. The largest absolute Gasteiger partial charge is 0.325 e. The number of nitrogens with one attached hydrogen (secondary N) is 2. The summed E-state index contributed by atoms with van der Waals surface area (Å²) in [7, 11) is 2.04. The number of aromatic amines is 1. The van der Waals surface area contributed by atoms with Crippen LogP contribution >= 0.6 is 11.6 Å². The molecule has 0 fully saturated rings. The van der Waals surface area contributed by atoms with Crippen LogP contribution in [0.1, 0.15) is 11.1 Å². The van der Waals surface area contributed by atoms with Crippen LogP contribution in [0.15, 0.2) is 60.0 Å². The highest BCUT2D eigenvalue weighted by Gasteiger charge is 2.11. The third kappa shape index (κ3) is 5.01. The molecule has 32 heavy (non-hydrogen) atoms. The van der Waals surface area contributed by atoms with Crippen molar-refractivity contribution in [3.05, 3.63) is 76.7 Å². The van der Waals surface area contributed by atoms with Gasteiger partial charge in [-0.05, 0) is 42.8 Å². The second kappa shape index (κ2) is 9.71. The first-order chi connectivity index (χ1) is 15.5. The molecule has 0 aliphatic rings. The first kappa shape index (κ1) is 21.7. The summed E-state index contributed by atoms with van der Waals surface area (Å²) < 4.78 is 1.65. The number of fused-ring (bicyclic) bond motifs is 1. The van der Waals surface area contributed by atoms with Crippen LogP contribution in [0.25, 0.3) is 16.7 Å². The Kier molecular flexibility index (Phi) is 6.58. The summed E-state index contributed by atoms with van der Waals surface area (Å²) in [5.41, 5.74) is 3.16. The molecule has 4 rings (SSSR count). The second-order valence-electron chi connectivity index (χ2n) is 7.43. The van der Waals surface area contributed by atoms with Gasteiger partial charge >= 0.3 is 0 Å². The molecule has 3 aromatic heterocycles. The SMILES string of the molecule is CN(CCc1cnn(-c2nccc3c(=O)[nH]cnc23)c1)Cc1cccc(NC(=O)CCl)c1. The van der Waals surface area contributed by atoms with E-state index in [1.165, 1.54) is 6.33 Å². The van der Waals surface area contributed by atoms with Crippen LogP contribution in [0, 0.1) is 0 Å². The van der Waals surface area contributed by atoms with Gasteiger partial charge in [0.2, 0.25) is 5.91 Å². The molecule has 10 heteroatoms. The number of aromatic nitrogens is 5. The van der Waals surface area contributed by atoms with Gasteiger partial charge in [-0.3, -0.25) is 9.59 Å². The Labute approximate surface area is 189 Å². The summed E-state index contributed by atoms with van der Waals surface area (Å²) in [6, 6.07) is 9.35. The maximum Gasteiger partial charge on any atom is 0.258 e. The number of halogens is 1. The number of rotatable bonds is 8. The van der Waals surface area contributed by atoms with Gasteiger partial charge in [0.25, 0.3) is 5.56 Å². The Morgan fingerprint density at radius 2 is 2.12 bits per heavy atom. The number of alkyl halides is 1. The highest BCUT2D eigenvalue weighted by atomic mass is 35.5. The molecule has 0 aliphatic heterocycles. The second-order valence-corrected chi connectivity index (χ2v) is 7.69. The summed E-state index contributed by atoms with van der Waals surface area (Å²) in [6.07, 6.45) is 7.43. The lowest BCUT2D eigenvalue weighted by molar-refractivity contribution is -0.113. The zero-order valence-electron chi connectivity index (χ0n) is 17.5. The van der Waals surface area contributed by atoms with Gasteiger partial charge in [-0.15, -0.1) is 11.6 Å². The molecule has 0 aliphatic carbocycles. The van der Waals surface area contributed by atoms with Crippen LogP contribution in [-0.4, -0.2) is 55.0 Å². The summed E-state index contributed by atoms with van der Waals surface area (Å²) in [5.74, 6) is 0.220. The molecule has 2 N–H and O–H groups in total. The van der Waals surface area contributed by atoms with Gasteiger partial charge in [-0.2, -0.15) is 5.10 Å². The van der Waals surface area contributed by atoms with Crippen LogP contribution in [0.4, 0.5) is 5.69 Å². The van der Waals surface area contributed by atoms with Gasteiger partial charge in [0.1, 0.15) is 11.4 Å². The predicted octanol–water partition coefficient (Wildman–Crippen LogP) is 2.36. The molecular formula is C22H22ClN7O2. The van der Waals surface area contributed by atoms with E-state index in [0.717, 1.165) is 36.3 Å². The minimum Gasteiger partial charge on any atom is -0.325 e. The van der Waals surface area contributed by atoms with E-state index in [2.05, 4.69) is 30.3 Å².